The molecule has 0 aliphatic heterocycles. The molecule has 112 valence electrons. The van der Waals surface area contributed by atoms with Gasteiger partial charge in [0.2, 0.25) is 5.88 Å². The maximum absolute atomic E-state index is 12.7. The van der Waals surface area contributed by atoms with E-state index in [2.05, 4.69) is 9.72 Å². The zero-order valence-electron chi connectivity index (χ0n) is 9.07. The Morgan fingerprint density at radius 3 is 2.15 bits per heavy atom. The summed E-state index contributed by atoms with van der Waals surface area (Å²) >= 11 is 10.2. The molecule has 1 heterocycles. The first-order valence-electron chi connectivity index (χ1n) is 4.58. The van der Waals surface area contributed by atoms with Crippen LogP contribution in [0, 0.1) is 0 Å². The van der Waals surface area contributed by atoms with Gasteiger partial charge in [-0.05, 0) is 11.6 Å². The Bertz CT molecular complexity index is 528. The summed E-state index contributed by atoms with van der Waals surface area (Å²) in [6, 6.07) is -0.00542. The second-order valence-electron chi connectivity index (χ2n) is 3.29. The number of ether oxygens (including phenoxy) is 1. The van der Waals surface area contributed by atoms with Gasteiger partial charge in [0.1, 0.15) is 5.69 Å². The maximum atomic E-state index is 12.7. The molecule has 0 saturated carbocycles. The van der Waals surface area contributed by atoms with Crippen LogP contribution in [0.4, 0.5) is 26.3 Å². The summed E-state index contributed by atoms with van der Waals surface area (Å²) in [5.41, 5.74) is -3.45. The van der Waals surface area contributed by atoms with Crippen molar-refractivity contribution in [2.24, 2.45) is 0 Å². The van der Waals surface area contributed by atoms with E-state index in [1.54, 1.807) is 0 Å². The summed E-state index contributed by atoms with van der Waals surface area (Å²) in [6.45, 7) is 0. The number of nitrogens with zero attached hydrogens (tertiary/aromatic N) is 1. The number of halogens is 8. The van der Waals surface area contributed by atoms with Gasteiger partial charge in [0.15, 0.2) is 0 Å². The van der Waals surface area contributed by atoms with E-state index in [0.29, 0.717) is 0 Å². The lowest BCUT2D eigenvalue weighted by atomic mass is 10.1. The van der Waals surface area contributed by atoms with E-state index in [4.69, 9.17) is 23.2 Å². The molecule has 20 heavy (non-hydrogen) atoms. The zero-order valence-corrected chi connectivity index (χ0v) is 10.6. The second-order valence-corrected chi connectivity index (χ2v) is 3.90. The van der Waals surface area contributed by atoms with Crippen molar-refractivity contribution >= 4 is 28.4 Å². The van der Waals surface area contributed by atoms with Gasteiger partial charge in [0.05, 0.1) is 11.4 Å². The topological polar surface area (TPSA) is 39.2 Å². The first-order chi connectivity index (χ1) is 8.95. The van der Waals surface area contributed by atoms with Crippen LogP contribution in [0.5, 0.6) is 5.88 Å². The molecular weight excluding hydrogens is 339 g/mol. The van der Waals surface area contributed by atoms with Gasteiger partial charge in [-0.25, -0.2) is 4.98 Å². The zero-order chi connectivity index (χ0) is 15.7. The standard InChI is InChI=1S/C9H3Cl2F6NO2/c10-2-3-4(8(12,13)14)1-5(20-9(15,16)17)18-6(3)7(11)19/h1H,2H2. The van der Waals surface area contributed by atoms with Gasteiger partial charge in [-0.3, -0.25) is 4.79 Å². The third kappa shape index (κ3) is 4.14. The van der Waals surface area contributed by atoms with Crippen molar-refractivity contribution < 1.29 is 35.9 Å². The Kier molecular flexibility index (Phi) is 4.75. The summed E-state index contributed by atoms with van der Waals surface area (Å²) in [5.74, 6) is -2.27. The molecule has 11 heteroatoms. The summed E-state index contributed by atoms with van der Waals surface area (Å²) in [4.78, 5) is 14.0. The van der Waals surface area contributed by atoms with Crippen molar-refractivity contribution in [3.05, 3.63) is 22.9 Å². The summed E-state index contributed by atoms with van der Waals surface area (Å²) in [6.07, 6.45) is -10.3. The van der Waals surface area contributed by atoms with Crippen molar-refractivity contribution in [3.8, 4) is 5.88 Å². The molecular formula is C9H3Cl2F6NO2. The number of hydrogen-bond acceptors (Lipinski definition) is 3. The maximum Gasteiger partial charge on any atom is 0.574 e. The van der Waals surface area contributed by atoms with Crippen LogP contribution in [0.1, 0.15) is 21.6 Å². The molecule has 0 spiro atoms. The van der Waals surface area contributed by atoms with Crippen molar-refractivity contribution in [1.82, 2.24) is 4.98 Å². The van der Waals surface area contributed by atoms with Crippen LogP contribution in [-0.2, 0) is 12.1 Å². The van der Waals surface area contributed by atoms with E-state index in [9.17, 15) is 31.1 Å². The molecule has 0 amide bonds. The van der Waals surface area contributed by atoms with Gasteiger partial charge in [-0.1, -0.05) is 0 Å². The number of hydrogen-bond donors (Lipinski definition) is 0. The Morgan fingerprint density at radius 2 is 1.80 bits per heavy atom. The average Bonchev–Trinajstić information content (AvgIpc) is 2.24. The predicted octanol–water partition coefficient (Wildman–Crippen LogP) is 4.12. The summed E-state index contributed by atoms with van der Waals surface area (Å²) in [5, 5.41) is -1.49. The van der Waals surface area contributed by atoms with Gasteiger partial charge in [-0.15, -0.1) is 24.8 Å². The number of carbonyl (C=O) groups is 1. The molecule has 0 unspecified atom stereocenters. The van der Waals surface area contributed by atoms with Gasteiger partial charge >= 0.3 is 12.5 Å². The summed E-state index contributed by atoms with van der Waals surface area (Å²) in [7, 11) is 0. The average molecular weight is 342 g/mol. The lowest BCUT2D eigenvalue weighted by Gasteiger charge is -2.16. The molecule has 0 atom stereocenters. The molecule has 0 radical (unpaired) electrons. The highest BCUT2D eigenvalue weighted by Gasteiger charge is 2.38. The van der Waals surface area contributed by atoms with E-state index in [0.717, 1.165) is 0 Å². The Balaban J connectivity index is 3.52. The highest BCUT2D eigenvalue weighted by atomic mass is 35.5. The monoisotopic (exact) mass is 341 g/mol. The van der Waals surface area contributed by atoms with E-state index in [1.165, 1.54) is 0 Å². The third-order valence-corrected chi connectivity index (χ3v) is 2.39. The van der Waals surface area contributed by atoms with Crippen LogP contribution in [0.25, 0.3) is 0 Å². The number of alkyl halides is 7. The number of aromatic nitrogens is 1. The first-order valence-corrected chi connectivity index (χ1v) is 5.49. The van der Waals surface area contributed by atoms with Crippen molar-refractivity contribution in [1.29, 1.82) is 0 Å². The van der Waals surface area contributed by atoms with Crippen molar-refractivity contribution in [2.75, 3.05) is 0 Å². The quantitative estimate of drug-likeness (QED) is 0.471. The minimum atomic E-state index is -5.27. The Labute approximate surface area is 117 Å². The summed E-state index contributed by atoms with van der Waals surface area (Å²) < 4.78 is 77.4. The molecule has 0 aromatic carbocycles. The van der Waals surface area contributed by atoms with E-state index < -0.39 is 46.4 Å². The first kappa shape index (κ1) is 16.8. The van der Waals surface area contributed by atoms with E-state index >= 15 is 0 Å². The molecule has 0 aliphatic carbocycles. The fraction of sp³-hybridized carbons (Fsp3) is 0.333. The molecule has 1 rings (SSSR count). The predicted molar refractivity (Wildman–Crippen MR) is 55.7 cm³/mol. The van der Waals surface area contributed by atoms with Crippen LogP contribution in [-0.4, -0.2) is 16.6 Å². The minimum Gasteiger partial charge on any atom is -0.388 e. The molecule has 0 saturated heterocycles. The third-order valence-electron chi connectivity index (χ3n) is 1.95. The van der Waals surface area contributed by atoms with Crippen LogP contribution in [0.2, 0.25) is 0 Å². The van der Waals surface area contributed by atoms with Gasteiger partial charge in [-0.2, -0.15) is 13.2 Å². The number of pyridine rings is 1. The lowest BCUT2D eigenvalue weighted by Crippen LogP contribution is -2.21. The van der Waals surface area contributed by atoms with Crippen LogP contribution in [0.15, 0.2) is 6.07 Å². The van der Waals surface area contributed by atoms with Crippen LogP contribution < -0.4 is 4.74 Å². The lowest BCUT2D eigenvalue weighted by molar-refractivity contribution is -0.276. The van der Waals surface area contributed by atoms with Gasteiger partial charge < -0.3 is 4.74 Å². The highest BCUT2D eigenvalue weighted by Crippen LogP contribution is 2.37. The molecule has 0 fully saturated rings. The minimum absolute atomic E-state index is 0.00542. The number of rotatable bonds is 3. The Morgan fingerprint density at radius 1 is 1.25 bits per heavy atom. The SMILES string of the molecule is O=C(Cl)c1nc(OC(F)(F)F)cc(C(F)(F)F)c1CCl. The number of carbonyl (C=O) groups excluding carboxylic acids is 1. The molecule has 1 aromatic rings. The van der Waals surface area contributed by atoms with Crippen molar-refractivity contribution in [2.45, 2.75) is 18.4 Å². The van der Waals surface area contributed by atoms with Gasteiger partial charge in [0.25, 0.3) is 5.24 Å². The molecule has 0 aliphatic rings. The smallest absolute Gasteiger partial charge is 0.388 e. The normalized spacial score (nSPS) is 12.4. The largest absolute Gasteiger partial charge is 0.574 e. The Hall–Kier alpha value is -1.22. The van der Waals surface area contributed by atoms with Crippen LogP contribution >= 0.6 is 23.2 Å². The van der Waals surface area contributed by atoms with E-state index in [1.807, 2.05) is 0 Å². The second kappa shape index (κ2) is 5.65. The van der Waals surface area contributed by atoms with E-state index in [-0.39, 0.29) is 6.07 Å². The molecule has 0 bridgehead atoms. The molecule has 0 N–H and O–H groups in total. The fourth-order valence-corrected chi connectivity index (χ4v) is 1.70. The molecule has 1 aromatic heterocycles. The van der Waals surface area contributed by atoms with Gasteiger partial charge in [0, 0.05) is 11.6 Å². The highest BCUT2D eigenvalue weighted by molar-refractivity contribution is 6.67. The van der Waals surface area contributed by atoms with Crippen LogP contribution in [0.3, 0.4) is 0 Å². The molecule has 3 nitrogen and oxygen atoms in total. The van der Waals surface area contributed by atoms with Crippen molar-refractivity contribution in [3.63, 3.8) is 0 Å². The fourth-order valence-electron chi connectivity index (χ4n) is 1.27.